The fraction of sp³-hybridized carbons (Fsp3) is 0.412. The molecular formula is C17H20ClN5. The van der Waals surface area contributed by atoms with Crippen LogP contribution in [0.3, 0.4) is 0 Å². The van der Waals surface area contributed by atoms with Crippen LogP contribution in [0, 0.1) is 0 Å². The van der Waals surface area contributed by atoms with Gasteiger partial charge in [0.15, 0.2) is 5.82 Å². The molecule has 3 aromatic rings. The number of halogens is 1. The molecule has 120 valence electrons. The second-order valence-electron chi connectivity index (χ2n) is 6.07. The lowest BCUT2D eigenvalue weighted by Gasteiger charge is -2.23. The molecule has 0 radical (unpaired) electrons. The van der Waals surface area contributed by atoms with Crippen molar-refractivity contribution in [3.8, 4) is 0 Å². The summed E-state index contributed by atoms with van der Waals surface area (Å²) in [5.74, 6) is 0.866. The van der Waals surface area contributed by atoms with Crippen LogP contribution in [0.4, 0.5) is 5.82 Å². The zero-order chi connectivity index (χ0) is 15.8. The number of nitrogens with zero attached hydrogens (tertiary/aromatic N) is 3. The Labute approximate surface area is 140 Å². The summed E-state index contributed by atoms with van der Waals surface area (Å²) in [5.41, 5.74) is 2.90. The van der Waals surface area contributed by atoms with Crippen molar-refractivity contribution >= 4 is 39.4 Å². The summed E-state index contributed by atoms with van der Waals surface area (Å²) in [4.78, 5) is 14.8. The van der Waals surface area contributed by atoms with E-state index in [-0.39, 0.29) is 0 Å². The molecule has 1 fully saturated rings. The van der Waals surface area contributed by atoms with Crippen molar-refractivity contribution in [2.75, 3.05) is 25.0 Å². The van der Waals surface area contributed by atoms with E-state index in [2.05, 4.69) is 32.1 Å². The number of hydrogen-bond donors (Lipinski definition) is 2. The monoisotopic (exact) mass is 329 g/mol. The van der Waals surface area contributed by atoms with Crippen molar-refractivity contribution in [1.82, 2.24) is 19.9 Å². The highest BCUT2D eigenvalue weighted by Gasteiger charge is 2.23. The van der Waals surface area contributed by atoms with E-state index in [1.54, 1.807) is 6.33 Å². The second-order valence-corrected chi connectivity index (χ2v) is 6.50. The SMILES string of the molecule is CCN1CCC[C@@H]1CNc1ncnc2c1[nH]c1ccc(Cl)cc12. The minimum atomic E-state index is 0.587. The molecule has 1 saturated heterocycles. The quantitative estimate of drug-likeness (QED) is 0.767. The number of benzene rings is 1. The van der Waals surface area contributed by atoms with Crippen molar-refractivity contribution in [2.45, 2.75) is 25.8 Å². The first-order chi connectivity index (χ1) is 11.3. The van der Waals surface area contributed by atoms with E-state index < -0.39 is 0 Å². The largest absolute Gasteiger partial charge is 0.367 e. The van der Waals surface area contributed by atoms with Crippen molar-refractivity contribution in [2.24, 2.45) is 0 Å². The van der Waals surface area contributed by atoms with Gasteiger partial charge in [-0.3, -0.25) is 4.90 Å². The predicted molar refractivity (Wildman–Crippen MR) is 95.2 cm³/mol. The molecule has 4 rings (SSSR count). The summed E-state index contributed by atoms with van der Waals surface area (Å²) >= 11 is 6.12. The minimum absolute atomic E-state index is 0.587. The molecule has 0 unspecified atom stereocenters. The molecule has 3 heterocycles. The molecule has 0 bridgehead atoms. The molecule has 2 N–H and O–H groups in total. The van der Waals surface area contributed by atoms with Crippen LogP contribution in [-0.2, 0) is 0 Å². The molecule has 0 aliphatic carbocycles. The lowest BCUT2D eigenvalue weighted by molar-refractivity contribution is 0.277. The number of fused-ring (bicyclic) bond motifs is 3. The number of likely N-dealkylation sites (N-methyl/N-ethyl adjacent to an activating group) is 1. The molecule has 1 aliphatic rings. The maximum atomic E-state index is 6.12. The highest BCUT2D eigenvalue weighted by molar-refractivity contribution is 6.31. The Balaban J connectivity index is 1.66. The fourth-order valence-corrected chi connectivity index (χ4v) is 3.73. The van der Waals surface area contributed by atoms with Gasteiger partial charge in [0, 0.05) is 28.5 Å². The maximum Gasteiger partial charge on any atom is 0.153 e. The van der Waals surface area contributed by atoms with Crippen LogP contribution in [0.15, 0.2) is 24.5 Å². The van der Waals surface area contributed by atoms with Gasteiger partial charge in [-0.15, -0.1) is 0 Å². The van der Waals surface area contributed by atoms with Crippen molar-refractivity contribution in [3.05, 3.63) is 29.5 Å². The summed E-state index contributed by atoms with van der Waals surface area (Å²) < 4.78 is 0. The first kappa shape index (κ1) is 14.7. The van der Waals surface area contributed by atoms with Gasteiger partial charge < -0.3 is 10.3 Å². The van der Waals surface area contributed by atoms with E-state index >= 15 is 0 Å². The van der Waals surface area contributed by atoms with Gasteiger partial charge in [-0.25, -0.2) is 9.97 Å². The molecule has 1 aromatic carbocycles. The van der Waals surface area contributed by atoms with Crippen LogP contribution in [0.25, 0.3) is 21.9 Å². The smallest absolute Gasteiger partial charge is 0.153 e. The minimum Gasteiger partial charge on any atom is -0.367 e. The third-order valence-corrected chi connectivity index (χ3v) is 4.99. The van der Waals surface area contributed by atoms with Crippen LogP contribution >= 0.6 is 11.6 Å². The molecule has 0 saturated carbocycles. The number of anilines is 1. The van der Waals surface area contributed by atoms with Crippen LogP contribution < -0.4 is 5.32 Å². The number of H-pyrrole nitrogens is 1. The van der Waals surface area contributed by atoms with Crippen molar-refractivity contribution < 1.29 is 0 Å². The number of aromatic nitrogens is 3. The fourth-order valence-electron chi connectivity index (χ4n) is 3.56. The zero-order valence-electron chi connectivity index (χ0n) is 13.1. The Bertz CT molecular complexity index is 843. The normalized spacial score (nSPS) is 19.0. The standard InChI is InChI=1S/C17H20ClN5/c1-2-23-7-3-4-12(23)9-19-17-16-15(20-10-21-17)13-8-11(18)5-6-14(13)22-16/h5-6,8,10,12,22H,2-4,7,9H2,1H3,(H,19,20,21)/t12-/m1/s1. The summed E-state index contributed by atoms with van der Waals surface area (Å²) in [7, 11) is 0. The first-order valence-electron chi connectivity index (χ1n) is 8.16. The van der Waals surface area contributed by atoms with Crippen molar-refractivity contribution in [3.63, 3.8) is 0 Å². The second kappa shape index (κ2) is 5.98. The van der Waals surface area contributed by atoms with Crippen LogP contribution in [0.2, 0.25) is 5.02 Å². The zero-order valence-corrected chi connectivity index (χ0v) is 13.9. The molecule has 0 amide bonds. The highest BCUT2D eigenvalue weighted by atomic mass is 35.5. The van der Waals surface area contributed by atoms with Crippen LogP contribution in [0.1, 0.15) is 19.8 Å². The van der Waals surface area contributed by atoms with Gasteiger partial charge in [-0.05, 0) is 44.1 Å². The lowest BCUT2D eigenvalue weighted by atomic mass is 10.2. The summed E-state index contributed by atoms with van der Waals surface area (Å²) in [6, 6.07) is 6.40. The van der Waals surface area contributed by atoms with E-state index in [1.807, 2.05) is 18.2 Å². The average Bonchev–Trinajstić information content (AvgIpc) is 3.16. The van der Waals surface area contributed by atoms with Crippen LogP contribution in [0.5, 0.6) is 0 Å². The topological polar surface area (TPSA) is 56.8 Å². The summed E-state index contributed by atoms with van der Waals surface area (Å²) in [6.07, 6.45) is 4.15. The number of likely N-dealkylation sites (tertiary alicyclic amines) is 1. The first-order valence-corrected chi connectivity index (χ1v) is 8.54. The lowest BCUT2D eigenvalue weighted by Crippen LogP contribution is -2.34. The predicted octanol–water partition coefficient (Wildman–Crippen LogP) is 3.66. The van der Waals surface area contributed by atoms with E-state index in [1.165, 1.54) is 19.4 Å². The van der Waals surface area contributed by atoms with Gasteiger partial charge in [0.25, 0.3) is 0 Å². The Morgan fingerprint density at radius 1 is 1.39 bits per heavy atom. The number of hydrogen-bond acceptors (Lipinski definition) is 4. The van der Waals surface area contributed by atoms with Gasteiger partial charge in [0.05, 0.1) is 0 Å². The molecule has 1 aliphatic heterocycles. The van der Waals surface area contributed by atoms with Gasteiger partial charge in [0.1, 0.15) is 17.4 Å². The number of aromatic amines is 1. The molecule has 2 aromatic heterocycles. The van der Waals surface area contributed by atoms with Crippen LogP contribution in [-0.4, -0.2) is 45.5 Å². The summed E-state index contributed by atoms with van der Waals surface area (Å²) in [5, 5.41) is 5.27. The molecule has 5 nitrogen and oxygen atoms in total. The average molecular weight is 330 g/mol. The third-order valence-electron chi connectivity index (χ3n) is 4.75. The molecule has 23 heavy (non-hydrogen) atoms. The van der Waals surface area contributed by atoms with Gasteiger partial charge >= 0.3 is 0 Å². The number of nitrogens with one attached hydrogen (secondary N) is 2. The van der Waals surface area contributed by atoms with Gasteiger partial charge in [-0.2, -0.15) is 0 Å². The Kier molecular flexibility index (Phi) is 3.83. The van der Waals surface area contributed by atoms with E-state index in [4.69, 9.17) is 11.6 Å². The molecule has 0 spiro atoms. The Morgan fingerprint density at radius 2 is 2.30 bits per heavy atom. The Hall–Kier alpha value is -1.85. The van der Waals surface area contributed by atoms with Crippen molar-refractivity contribution in [1.29, 1.82) is 0 Å². The maximum absolute atomic E-state index is 6.12. The van der Waals surface area contributed by atoms with E-state index in [0.29, 0.717) is 6.04 Å². The summed E-state index contributed by atoms with van der Waals surface area (Å²) in [6.45, 7) is 5.45. The number of rotatable bonds is 4. The molecule has 1 atom stereocenters. The molecule has 6 heteroatoms. The van der Waals surface area contributed by atoms with Gasteiger partial charge in [0.2, 0.25) is 0 Å². The Morgan fingerprint density at radius 3 is 3.17 bits per heavy atom. The highest BCUT2D eigenvalue weighted by Crippen LogP contribution is 2.29. The third kappa shape index (κ3) is 2.64. The van der Waals surface area contributed by atoms with E-state index in [0.717, 1.165) is 45.9 Å². The van der Waals surface area contributed by atoms with E-state index in [9.17, 15) is 0 Å². The molecular weight excluding hydrogens is 310 g/mol. The van der Waals surface area contributed by atoms with Gasteiger partial charge in [-0.1, -0.05) is 18.5 Å².